The van der Waals surface area contributed by atoms with Crippen molar-refractivity contribution in [3.63, 3.8) is 0 Å². The number of hydrogen-bond acceptors (Lipinski definition) is 4. The fraction of sp³-hybridized carbons (Fsp3) is 0.286. The van der Waals surface area contributed by atoms with E-state index in [0.29, 0.717) is 4.64 Å². The van der Waals surface area contributed by atoms with E-state index in [9.17, 15) is 4.79 Å². The summed E-state index contributed by atoms with van der Waals surface area (Å²) >= 11 is 7.23. The van der Waals surface area contributed by atoms with Crippen LogP contribution in [0.5, 0.6) is 0 Å². The van der Waals surface area contributed by atoms with Crippen LogP contribution < -0.4 is 5.69 Å². The quantitative estimate of drug-likeness (QED) is 0.506. The number of aromatic nitrogens is 3. The summed E-state index contributed by atoms with van der Waals surface area (Å²) in [5, 5.41) is 1.03. The lowest BCUT2D eigenvalue weighted by Crippen LogP contribution is -2.22. The Morgan fingerprint density at radius 3 is 2.89 bits per heavy atom. The number of thiazole rings is 1. The smallest absolute Gasteiger partial charge is 0.304 e. The van der Waals surface area contributed by atoms with Crippen LogP contribution in [0.2, 0.25) is 0 Å². The number of aromatic amines is 1. The van der Waals surface area contributed by atoms with Gasteiger partial charge in [0.1, 0.15) is 4.64 Å². The van der Waals surface area contributed by atoms with Crippen LogP contribution >= 0.6 is 23.6 Å². The fourth-order valence-electron chi connectivity index (χ4n) is 3.68. The van der Waals surface area contributed by atoms with Crippen LogP contribution in [0.1, 0.15) is 57.1 Å². The van der Waals surface area contributed by atoms with Crippen molar-refractivity contribution in [2.24, 2.45) is 7.05 Å². The highest BCUT2D eigenvalue weighted by atomic mass is 32.1. The minimum atomic E-state index is -0.205. The van der Waals surface area contributed by atoms with Gasteiger partial charge < -0.3 is 4.57 Å². The van der Waals surface area contributed by atoms with Crippen LogP contribution in [-0.2, 0) is 13.5 Å². The number of rotatable bonds is 3. The van der Waals surface area contributed by atoms with Gasteiger partial charge in [0.15, 0.2) is 0 Å². The Labute approximate surface area is 167 Å². The first kappa shape index (κ1) is 18.1. The van der Waals surface area contributed by atoms with Gasteiger partial charge in [-0.15, -0.1) is 11.3 Å². The third-order valence-corrected chi connectivity index (χ3v) is 6.21. The largest absolute Gasteiger partial charge is 0.326 e. The zero-order chi connectivity index (χ0) is 19.1. The van der Waals surface area contributed by atoms with Gasteiger partial charge in [0.25, 0.3) is 0 Å². The molecular formula is C21H21N3OS2. The summed E-state index contributed by atoms with van der Waals surface area (Å²) < 4.78 is 2.03. The van der Waals surface area contributed by atoms with E-state index in [-0.39, 0.29) is 11.6 Å². The molecule has 0 aliphatic heterocycles. The zero-order valence-electron chi connectivity index (χ0n) is 15.6. The number of benzene rings is 1. The average Bonchev–Trinajstić information content (AvgIpc) is 2.93. The Balaban J connectivity index is 2.00. The lowest BCUT2D eigenvalue weighted by Gasteiger charge is -2.19. The zero-order valence-corrected chi connectivity index (χ0v) is 17.2. The van der Waals surface area contributed by atoms with Gasteiger partial charge in [0.05, 0.1) is 21.5 Å². The predicted octanol–water partition coefficient (Wildman–Crippen LogP) is 4.82. The number of hydrogen-bond donors (Lipinski definition) is 1. The van der Waals surface area contributed by atoms with Crippen LogP contribution in [0.3, 0.4) is 0 Å². The second kappa shape index (κ2) is 7.02. The summed E-state index contributed by atoms with van der Waals surface area (Å²) in [5.74, 6) is -0.0961. The van der Waals surface area contributed by atoms with Crippen LogP contribution in [0.25, 0.3) is 12.2 Å². The first-order chi connectivity index (χ1) is 13.0. The lowest BCUT2D eigenvalue weighted by molar-refractivity contribution is 0.769. The van der Waals surface area contributed by atoms with E-state index in [4.69, 9.17) is 17.2 Å². The van der Waals surface area contributed by atoms with Crippen LogP contribution in [0.4, 0.5) is 0 Å². The van der Waals surface area contributed by atoms with Gasteiger partial charge in [-0.25, -0.2) is 9.78 Å². The van der Waals surface area contributed by atoms with Crippen LogP contribution in [0.15, 0.2) is 29.2 Å². The summed E-state index contributed by atoms with van der Waals surface area (Å²) in [6, 6.07) is 6.65. The molecule has 1 N–H and O–H groups in total. The van der Waals surface area contributed by atoms with Crippen molar-refractivity contribution in [1.29, 1.82) is 0 Å². The van der Waals surface area contributed by atoms with E-state index in [2.05, 4.69) is 42.3 Å². The van der Waals surface area contributed by atoms with E-state index in [1.165, 1.54) is 16.7 Å². The molecule has 0 bridgehead atoms. The van der Waals surface area contributed by atoms with Crippen molar-refractivity contribution in [2.75, 3.05) is 0 Å². The van der Waals surface area contributed by atoms with E-state index >= 15 is 0 Å². The van der Waals surface area contributed by atoms with Gasteiger partial charge in [-0.2, -0.15) is 0 Å². The van der Waals surface area contributed by atoms with Gasteiger partial charge in [0, 0.05) is 18.8 Å². The second-order valence-corrected chi connectivity index (χ2v) is 8.56. The highest BCUT2D eigenvalue weighted by Gasteiger charge is 2.28. The number of nitrogens with one attached hydrogen (secondary N) is 1. The van der Waals surface area contributed by atoms with Crippen molar-refractivity contribution < 1.29 is 0 Å². The molecule has 1 aliphatic carbocycles. The highest BCUT2D eigenvalue weighted by Crippen LogP contribution is 2.41. The summed E-state index contributed by atoms with van der Waals surface area (Å²) in [5.41, 5.74) is 5.41. The van der Waals surface area contributed by atoms with Crippen LogP contribution in [-0.4, -0.2) is 14.5 Å². The standard InChI is InChI=1S/C21H21N3OS2/c1-4-5-13-6-8-15-14(10-13)7-9-17-19(22-12(2)27-17)18(15)16-11-24(3)21(25)23-20(16)26/h6-11,18H,4-5H2,1-3H3,(H,23,25,26). The fourth-order valence-corrected chi connectivity index (χ4v) is 4.80. The molecule has 27 heavy (non-hydrogen) atoms. The summed E-state index contributed by atoms with van der Waals surface area (Å²) in [7, 11) is 1.74. The molecule has 0 saturated heterocycles. The van der Waals surface area contributed by atoms with E-state index in [1.54, 1.807) is 23.0 Å². The van der Waals surface area contributed by atoms with E-state index < -0.39 is 0 Å². The minimum absolute atomic E-state index is 0.0961. The maximum atomic E-state index is 12.0. The molecule has 2 heterocycles. The summed E-state index contributed by atoms with van der Waals surface area (Å²) in [6.07, 6.45) is 8.36. The first-order valence-corrected chi connectivity index (χ1v) is 10.3. The molecule has 138 valence electrons. The molecule has 0 amide bonds. The predicted molar refractivity (Wildman–Crippen MR) is 114 cm³/mol. The SMILES string of the molecule is CCCc1ccc2c(c1)C=Cc1sc(C)nc1C2c1cn(C)c(=O)[nH]c1=S. The van der Waals surface area contributed by atoms with Gasteiger partial charge >= 0.3 is 5.69 Å². The Hall–Kier alpha value is -2.31. The number of H-pyrrole nitrogens is 1. The molecule has 0 spiro atoms. The van der Waals surface area contributed by atoms with Gasteiger partial charge in [0.2, 0.25) is 0 Å². The molecule has 1 unspecified atom stereocenters. The summed E-state index contributed by atoms with van der Waals surface area (Å²) in [4.78, 5) is 20.8. The van der Waals surface area contributed by atoms with Crippen molar-refractivity contribution in [1.82, 2.24) is 14.5 Å². The third-order valence-electron chi connectivity index (χ3n) is 4.92. The molecule has 1 atom stereocenters. The molecule has 4 nitrogen and oxygen atoms in total. The number of aryl methyl sites for hydroxylation is 3. The Bertz CT molecular complexity index is 1170. The molecule has 2 aromatic heterocycles. The monoisotopic (exact) mass is 395 g/mol. The van der Waals surface area contributed by atoms with Gasteiger partial charge in [-0.1, -0.05) is 49.8 Å². The molecule has 6 heteroatoms. The topological polar surface area (TPSA) is 50.7 Å². The normalized spacial score (nSPS) is 15.3. The van der Waals surface area contributed by atoms with Crippen LogP contribution in [0, 0.1) is 11.6 Å². The molecule has 4 rings (SSSR count). The van der Waals surface area contributed by atoms with Crippen molar-refractivity contribution in [3.8, 4) is 0 Å². The molecule has 0 radical (unpaired) electrons. The Morgan fingerprint density at radius 2 is 2.11 bits per heavy atom. The summed E-state index contributed by atoms with van der Waals surface area (Å²) in [6.45, 7) is 4.22. The molecule has 1 aromatic carbocycles. The van der Waals surface area contributed by atoms with Crippen molar-refractivity contribution in [3.05, 3.63) is 77.4 Å². The third kappa shape index (κ3) is 3.24. The lowest BCUT2D eigenvalue weighted by atomic mass is 9.86. The maximum Gasteiger partial charge on any atom is 0.326 e. The number of fused-ring (bicyclic) bond motifs is 2. The van der Waals surface area contributed by atoms with Gasteiger partial charge in [-0.3, -0.25) is 4.98 Å². The maximum absolute atomic E-state index is 12.0. The molecule has 1 aliphatic rings. The van der Waals surface area contributed by atoms with Crippen molar-refractivity contribution >= 4 is 35.7 Å². The average molecular weight is 396 g/mol. The molecule has 0 saturated carbocycles. The highest BCUT2D eigenvalue weighted by molar-refractivity contribution is 7.71. The van der Waals surface area contributed by atoms with Crippen molar-refractivity contribution in [2.45, 2.75) is 32.6 Å². The molecule has 3 aromatic rings. The molecular weight excluding hydrogens is 374 g/mol. The van der Waals surface area contributed by atoms with Gasteiger partial charge in [-0.05, 0) is 36.1 Å². The Morgan fingerprint density at radius 1 is 1.30 bits per heavy atom. The number of nitrogens with zero attached hydrogens (tertiary/aromatic N) is 2. The second-order valence-electron chi connectivity index (χ2n) is 6.92. The van der Waals surface area contributed by atoms with E-state index in [0.717, 1.165) is 34.0 Å². The minimum Gasteiger partial charge on any atom is -0.304 e. The first-order valence-electron chi connectivity index (χ1n) is 9.06. The molecule has 0 fully saturated rings. The van der Waals surface area contributed by atoms with E-state index in [1.807, 2.05) is 13.1 Å². The Kier molecular flexibility index (Phi) is 4.70.